The molecular formula is C32H31ClF5NO2. The van der Waals surface area contributed by atoms with Crippen LogP contribution in [-0.4, -0.2) is 48.6 Å². The molecule has 1 fully saturated rings. The van der Waals surface area contributed by atoms with E-state index in [1.54, 1.807) is 18.2 Å². The molecule has 1 aliphatic heterocycles. The zero-order chi connectivity index (χ0) is 29.1. The first-order chi connectivity index (χ1) is 19.7. The lowest BCUT2D eigenvalue weighted by Crippen LogP contribution is -2.26. The van der Waals surface area contributed by atoms with Crippen molar-refractivity contribution in [2.24, 2.45) is 0 Å². The number of hydrogen-bond donors (Lipinski definition) is 1. The van der Waals surface area contributed by atoms with Gasteiger partial charge in [0.1, 0.15) is 17.7 Å². The summed E-state index contributed by atoms with van der Waals surface area (Å²) in [5.74, 6) is 0.125. The van der Waals surface area contributed by atoms with Crippen molar-refractivity contribution in [2.75, 3.05) is 26.3 Å². The molecule has 1 saturated heterocycles. The maximum atomic E-state index is 14.5. The lowest BCUT2D eigenvalue weighted by atomic mass is 9.87. The SMILES string of the molecule is OC(c1ccc2c(c1)CCCC(c1cccc(F)c1Cl)=C2c1ccc(OC2CCN(CCCF)C2)cc1)C(F)(F)F. The Hall–Kier alpha value is -2.94. The maximum absolute atomic E-state index is 14.5. The first-order valence-electron chi connectivity index (χ1n) is 13.8. The third kappa shape index (κ3) is 6.60. The predicted molar refractivity (Wildman–Crippen MR) is 150 cm³/mol. The van der Waals surface area contributed by atoms with Crippen molar-refractivity contribution in [3.05, 3.63) is 99.3 Å². The first-order valence-corrected chi connectivity index (χ1v) is 14.1. The van der Waals surface area contributed by atoms with Crippen LogP contribution < -0.4 is 4.74 Å². The third-order valence-electron chi connectivity index (χ3n) is 7.76. The topological polar surface area (TPSA) is 32.7 Å². The molecule has 0 bridgehead atoms. The van der Waals surface area contributed by atoms with Gasteiger partial charge >= 0.3 is 6.18 Å². The Morgan fingerprint density at radius 1 is 1.02 bits per heavy atom. The molecule has 1 N–H and O–H groups in total. The van der Waals surface area contributed by atoms with E-state index in [1.807, 2.05) is 24.3 Å². The van der Waals surface area contributed by atoms with Gasteiger partial charge in [-0.25, -0.2) is 4.39 Å². The standard InChI is InChI=1S/C32H31ClF5NO2/c33-30-27(6-2-7-28(30)35)26-5-1-4-21-18-22(31(40)32(36,37)38)10-13-25(21)29(26)20-8-11-23(12-9-20)41-24-14-17-39(19-24)16-3-15-34/h2,6-13,18,24,31,40H,1,3-5,14-17,19H2. The van der Waals surface area contributed by atoms with Gasteiger partial charge < -0.3 is 9.84 Å². The van der Waals surface area contributed by atoms with Crippen molar-refractivity contribution in [3.8, 4) is 5.75 Å². The summed E-state index contributed by atoms with van der Waals surface area (Å²) in [6, 6.07) is 16.4. The first kappa shape index (κ1) is 29.5. The van der Waals surface area contributed by atoms with Crippen LogP contribution in [0.3, 0.4) is 0 Å². The van der Waals surface area contributed by atoms with Crippen LogP contribution in [0.1, 0.15) is 59.6 Å². The maximum Gasteiger partial charge on any atom is 0.418 e. The second kappa shape index (κ2) is 12.5. The van der Waals surface area contributed by atoms with Gasteiger partial charge in [-0.15, -0.1) is 0 Å². The molecule has 2 atom stereocenters. The highest BCUT2D eigenvalue weighted by molar-refractivity contribution is 6.33. The van der Waals surface area contributed by atoms with Crippen LogP contribution in [0.5, 0.6) is 5.75 Å². The van der Waals surface area contributed by atoms with Gasteiger partial charge in [0, 0.05) is 19.6 Å². The molecule has 5 rings (SSSR count). The van der Waals surface area contributed by atoms with Crippen molar-refractivity contribution < 1.29 is 31.8 Å². The number of aryl methyl sites for hydroxylation is 1. The lowest BCUT2D eigenvalue weighted by molar-refractivity contribution is -0.206. The Kier molecular flexibility index (Phi) is 9.02. The molecule has 0 aromatic heterocycles. The Labute approximate surface area is 241 Å². The molecule has 3 nitrogen and oxygen atoms in total. The number of hydrogen-bond acceptors (Lipinski definition) is 3. The van der Waals surface area contributed by atoms with Crippen LogP contribution in [0.25, 0.3) is 11.1 Å². The summed E-state index contributed by atoms with van der Waals surface area (Å²) in [7, 11) is 0. The summed E-state index contributed by atoms with van der Waals surface area (Å²) < 4.78 is 73.1. The van der Waals surface area contributed by atoms with Gasteiger partial charge in [-0.3, -0.25) is 9.29 Å². The van der Waals surface area contributed by atoms with Crippen molar-refractivity contribution in [2.45, 2.75) is 50.5 Å². The van der Waals surface area contributed by atoms with Crippen molar-refractivity contribution in [3.63, 3.8) is 0 Å². The Morgan fingerprint density at radius 3 is 2.54 bits per heavy atom. The van der Waals surface area contributed by atoms with E-state index >= 15 is 0 Å². The largest absolute Gasteiger partial charge is 0.489 e. The number of rotatable bonds is 8. The number of ether oxygens (including phenoxy) is 1. The summed E-state index contributed by atoms with van der Waals surface area (Å²) in [5, 5.41) is 9.88. The van der Waals surface area contributed by atoms with E-state index in [4.69, 9.17) is 16.3 Å². The number of aliphatic hydroxyl groups is 1. The highest BCUT2D eigenvalue weighted by atomic mass is 35.5. The minimum Gasteiger partial charge on any atom is -0.489 e. The van der Waals surface area contributed by atoms with Gasteiger partial charge in [-0.1, -0.05) is 54.1 Å². The van der Waals surface area contributed by atoms with E-state index in [-0.39, 0.29) is 23.4 Å². The van der Waals surface area contributed by atoms with Crippen LogP contribution >= 0.6 is 11.6 Å². The number of nitrogens with zero attached hydrogens (tertiary/aromatic N) is 1. The molecule has 0 amide bonds. The van der Waals surface area contributed by atoms with Crippen molar-refractivity contribution in [1.82, 2.24) is 4.90 Å². The molecule has 2 aliphatic rings. The third-order valence-corrected chi connectivity index (χ3v) is 8.14. The normalized spacial score (nSPS) is 18.8. The molecule has 0 radical (unpaired) electrons. The number of allylic oxidation sites excluding steroid dienone is 1. The summed E-state index contributed by atoms with van der Waals surface area (Å²) in [6.07, 6.45) is -4.40. The second-order valence-corrected chi connectivity index (χ2v) is 10.9. The number of halogens is 6. The fraction of sp³-hybridized carbons (Fsp3) is 0.375. The van der Waals surface area contributed by atoms with E-state index < -0.39 is 18.1 Å². The molecule has 1 heterocycles. The molecule has 3 aromatic rings. The van der Waals surface area contributed by atoms with Gasteiger partial charge in [0.05, 0.1) is 11.7 Å². The zero-order valence-electron chi connectivity index (χ0n) is 22.4. The van der Waals surface area contributed by atoms with Crippen LogP contribution in [0.2, 0.25) is 5.02 Å². The van der Waals surface area contributed by atoms with Gasteiger partial charge in [0.25, 0.3) is 0 Å². The Morgan fingerprint density at radius 2 is 1.80 bits per heavy atom. The average molecular weight is 592 g/mol. The highest BCUT2D eigenvalue weighted by Gasteiger charge is 2.39. The van der Waals surface area contributed by atoms with E-state index in [1.165, 1.54) is 18.2 Å². The monoisotopic (exact) mass is 591 g/mol. The Balaban J connectivity index is 1.53. The summed E-state index contributed by atoms with van der Waals surface area (Å²) >= 11 is 6.43. The number of aliphatic hydroxyl groups excluding tert-OH is 1. The minimum atomic E-state index is -4.78. The highest BCUT2D eigenvalue weighted by Crippen LogP contribution is 2.44. The van der Waals surface area contributed by atoms with Crippen molar-refractivity contribution >= 4 is 22.7 Å². The quantitative estimate of drug-likeness (QED) is 0.268. The molecule has 9 heteroatoms. The predicted octanol–water partition coefficient (Wildman–Crippen LogP) is 8.18. The number of alkyl halides is 4. The molecule has 0 saturated carbocycles. The molecule has 3 aromatic carbocycles. The van der Waals surface area contributed by atoms with Gasteiger partial charge in [-0.05, 0) is 89.3 Å². The molecule has 1 aliphatic carbocycles. The number of likely N-dealkylation sites (tertiary alicyclic amines) is 1. The molecule has 2 unspecified atom stereocenters. The summed E-state index contributed by atoms with van der Waals surface area (Å²) in [6.45, 7) is 1.95. The van der Waals surface area contributed by atoms with E-state index in [0.29, 0.717) is 54.7 Å². The molecular weight excluding hydrogens is 561 g/mol. The fourth-order valence-corrected chi connectivity index (χ4v) is 6.01. The lowest BCUT2D eigenvalue weighted by Gasteiger charge is -2.20. The number of fused-ring (bicyclic) bond motifs is 1. The van der Waals surface area contributed by atoms with Crippen LogP contribution in [0.15, 0.2) is 60.7 Å². The molecule has 218 valence electrons. The van der Waals surface area contributed by atoms with Crippen LogP contribution in [0, 0.1) is 5.82 Å². The van der Waals surface area contributed by atoms with E-state index in [9.17, 15) is 27.1 Å². The Bertz CT molecular complexity index is 1410. The van der Waals surface area contributed by atoms with Gasteiger partial charge in [0.15, 0.2) is 6.10 Å². The molecule has 41 heavy (non-hydrogen) atoms. The van der Waals surface area contributed by atoms with Crippen LogP contribution in [0.4, 0.5) is 22.0 Å². The zero-order valence-corrected chi connectivity index (χ0v) is 23.1. The average Bonchev–Trinajstić information content (AvgIpc) is 3.31. The van der Waals surface area contributed by atoms with E-state index in [2.05, 4.69) is 4.90 Å². The second-order valence-electron chi connectivity index (χ2n) is 10.6. The minimum absolute atomic E-state index is 0.00146. The van der Waals surface area contributed by atoms with E-state index in [0.717, 1.165) is 36.2 Å². The fourth-order valence-electron chi connectivity index (χ4n) is 5.77. The van der Waals surface area contributed by atoms with Gasteiger partial charge in [-0.2, -0.15) is 13.2 Å². The number of benzene rings is 3. The summed E-state index contributed by atoms with van der Waals surface area (Å²) in [5.41, 5.74) is 4.04. The molecule has 0 spiro atoms. The summed E-state index contributed by atoms with van der Waals surface area (Å²) in [4.78, 5) is 2.19. The van der Waals surface area contributed by atoms with Gasteiger partial charge in [0.2, 0.25) is 0 Å². The van der Waals surface area contributed by atoms with Crippen LogP contribution in [-0.2, 0) is 6.42 Å². The van der Waals surface area contributed by atoms with Crippen molar-refractivity contribution in [1.29, 1.82) is 0 Å². The smallest absolute Gasteiger partial charge is 0.418 e.